The van der Waals surface area contributed by atoms with Crippen molar-refractivity contribution in [2.75, 3.05) is 10.8 Å². The second-order valence-corrected chi connectivity index (χ2v) is 10.1. The topological polar surface area (TPSA) is 75.7 Å². The Morgan fingerprint density at radius 2 is 1.67 bits per heavy atom. The van der Waals surface area contributed by atoms with Gasteiger partial charge in [-0.05, 0) is 42.2 Å². The maximum atomic E-state index is 13.3. The molecule has 0 fully saturated rings. The van der Waals surface area contributed by atoms with Crippen LogP contribution in [-0.2, 0) is 27.0 Å². The molecule has 3 aromatic rings. The average Bonchev–Trinajstić information content (AvgIpc) is 2.83. The summed E-state index contributed by atoms with van der Waals surface area (Å²) in [5.41, 5.74) is 3.33. The lowest BCUT2D eigenvalue weighted by Gasteiger charge is -2.35. The molecule has 0 spiro atoms. The molecule has 0 aromatic heterocycles. The second kappa shape index (κ2) is 9.67. The van der Waals surface area contributed by atoms with Crippen molar-refractivity contribution in [1.29, 1.82) is 0 Å². The molecule has 172 valence electrons. The van der Waals surface area contributed by atoms with Crippen LogP contribution in [0.1, 0.15) is 36.6 Å². The summed E-state index contributed by atoms with van der Waals surface area (Å²) in [6, 6.07) is 23.8. The Bertz CT molecular complexity index is 1210. The van der Waals surface area contributed by atoms with Crippen molar-refractivity contribution < 1.29 is 17.9 Å². The number of anilines is 1. The summed E-state index contributed by atoms with van der Waals surface area (Å²) >= 11 is 0. The molecule has 33 heavy (non-hydrogen) atoms. The van der Waals surface area contributed by atoms with Crippen molar-refractivity contribution >= 4 is 21.6 Å². The van der Waals surface area contributed by atoms with Crippen LogP contribution in [0.15, 0.2) is 78.9 Å². The molecule has 0 unspecified atom stereocenters. The molecule has 0 radical (unpaired) electrons. The maximum absolute atomic E-state index is 13.3. The van der Waals surface area contributed by atoms with Gasteiger partial charge in [0, 0.05) is 0 Å². The van der Waals surface area contributed by atoms with Gasteiger partial charge in [-0.15, -0.1) is 0 Å². The number of carbonyl (C=O) groups excluding carboxylic acids is 1. The maximum Gasteiger partial charge on any atom is 0.263 e. The van der Waals surface area contributed by atoms with Crippen LogP contribution in [0.25, 0.3) is 0 Å². The molecule has 1 heterocycles. The van der Waals surface area contributed by atoms with E-state index in [1.54, 1.807) is 36.4 Å². The summed E-state index contributed by atoms with van der Waals surface area (Å²) in [6.45, 7) is 3.91. The third-order valence-electron chi connectivity index (χ3n) is 5.80. The number of fused-ring (bicyclic) bond motifs is 1. The van der Waals surface area contributed by atoms with Gasteiger partial charge < -0.3 is 10.1 Å². The molecule has 0 aliphatic carbocycles. The number of sulfonamides is 1. The molecule has 0 saturated heterocycles. The van der Waals surface area contributed by atoms with Gasteiger partial charge in [0.05, 0.1) is 24.0 Å². The zero-order valence-corrected chi connectivity index (χ0v) is 19.6. The van der Waals surface area contributed by atoms with Gasteiger partial charge in [0.15, 0.2) is 6.10 Å². The van der Waals surface area contributed by atoms with Gasteiger partial charge in [0.2, 0.25) is 10.0 Å². The highest BCUT2D eigenvalue weighted by atomic mass is 32.2. The zero-order valence-electron chi connectivity index (χ0n) is 18.8. The number of nitrogens with one attached hydrogen (secondary N) is 1. The molecule has 7 heteroatoms. The van der Waals surface area contributed by atoms with E-state index in [4.69, 9.17) is 4.74 Å². The first-order valence-electron chi connectivity index (χ1n) is 11.1. The van der Waals surface area contributed by atoms with E-state index >= 15 is 0 Å². The van der Waals surface area contributed by atoms with E-state index in [2.05, 4.69) is 12.2 Å². The lowest BCUT2D eigenvalue weighted by Crippen LogP contribution is -2.51. The van der Waals surface area contributed by atoms with Gasteiger partial charge in [-0.25, -0.2) is 8.42 Å². The minimum absolute atomic E-state index is 0.0838. The fraction of sp³-hybridized carbons (Fsp3) is 0.269. The number of para-hydroxylation sites is 2. The van der Waals surface area contributed by atoms with Crippen LogP contribution < -0.4 is 14.4 Å². The molecule has 1 aliphatic heterocycles. The fourth-order valence-corrected chi connectivity index (χ4v) is 5.48. The zero-order chi connectivity index (χ0) is 23.4. The van der Waals surface area contributed by atoms with Gasteiger partial charge in [-0.3, -0.25) is 9.10 Å². The highest BCUT2D eigenvalue weighted by molar-refractivity contribution is 7.92. The smallest absolute Gasteiger partial charge is 0.263 e. The molecule has 3 aromatic carbocycles. The highest BCUT2D eigenvalue weighted by Gasteiger charge is 2.37. The summed E-state index contributed by atoms with van der Waals surface area (Å²) in [7, 11) is -3.73. The Balaban J connectivity index is 1.54. The van der Waals surface area contributed by atoms with E-state index in [9.17, 15) is 13.2 Å². The lowest BCUT2D eigenvalue weighted by atomic mass is 10.0. The molecular weight excluding hydrogens is 436 g/mol. The first-order chi connectivity index (χ1) is 15.9. The summed E-state index contributed by atoms with van der Waals surface area (Å²) in [6.07, 6.45) is -0.00768. The Labute approximate surface area is 195 Å². The predicted molar refractivity (Wildman–Crippen MR) is 130 cm³/mol. The standard InChI is InChI=1S/C26H28N2O4S/c1-3-20-13-15-22(16-14-20)19(2)27-26(29)25-17-28(23-11-7-8-12-24(23)32-25)33(30,31)18-21-9-5-4-6-10-21/h4-16,19,25H,3,17-18H2,1-2H3,(H,27,29)/t19-,25-/m0/s1. The van der Waals surface area contributed by atoms with Gasteiger partial charge in [0.25, 0.3) is 5.91 Å². The van der Waals surface area contributed by atoms with Gasteiger partial charge in [-0.1, -0.05) is 73.7 Å². The number of hydrogen-bond acceptors (Lipinski definition) is 4. The van der Waals surface area contributed by atoms with Gasteiger partial charge in [-0.2, -0.15) is 0 Å². The Hall–Kier alpha value is -3.32. The van der Waals surface area contributed by atoms with Crippen molar-refractivity contribution in [2.24, 2.45) is 0 Å². The first kappa shape index (κ1) is 22.9. The molecule has 1 N–H and O–H groups in total. The number of amides is 1. The summed E-state index contributed by atoms with van der Waals surface area (Å²) in [5.74, 6) is -0.131. The van der Waals surface area contributed by atoms with Crippen LogP contribution in [0.3, 0.4) is 0 Å². The minimum atomic E-state index is -3.73. The normalized spacial score (nSPS) is 16.4. The third-order valence-corrected chi connectivity index (χ3v) is 7.52. The number of rotatable bonds is 7. The SMILES string of the molecule is CCc1ccc([C@H](C)NC(=O)[C@@H]2CN(S(=O)(=O)Cc3ccccc3)c3ccccc3O2)cc1. The highest BCUT2D eigenvalue weighted by Crippen LogP contribution is 2.36. The number of nitrogens with zero attached hydrogens (tertiary/aromatic N) is 1. The van der Waals surface area contributed by atoms with E-state index in [0.717, 1.165) is 12.0 Å². The summed E-state index contributed by atoms with van der Waals surface area (Å²) in [4.78, 5) is 13.1. The molecule has 0 bridgehead atoms. The number of aryl methyl sites for hydroxylation is 1. The van der Waals surface area contributed by atoms with Crippen LogP contribution in [0.2, 0.25) is 0 Å². The molecule has 1 aliphatic rings. The Morgan fingerprint density at radius 1 is 1.00 bits per heavy atom. The van der Waals surface area contributed by atoms with Crippen LogP contribution in [-0.4, -0.2) is 27.0 Å². The van der Waals surface area contributed by atoms with Gasteiger partial charge >= 0.3 is 0 Å². The average molecular weight is 465 g/mol. The fourth-order valence-electron chi connectivity index (χ4n) is 3.90. The molecular formula is C26H28N2O4S. The quantitative estimate of drug-likeness (QED) is 0.568. The van der Waals surface area contributed by atoms with Crippen molar-refractivity contribution in [2.45, 2.75) is 38.2 Å². The largest absolute Gasteiger partial charge is 0.476 e. The Morgan fingerprint density at radius 3 is 2.36 bits per heavy atom. The van der Waals surface area contributed by atoms with E-state index in [-0.39, 0.29) is 24.2 Å². The molecule has 6 nitrogen and oxygen atoms in total. The minimum Gasteiger partial charge on any atom is -0.476 e. The molecule has 4 rings (SSSR count). The monoisotopic (exact) mass is 464 g/mol. The van der Waals surface area contributed by atoms with Crippen molar-refractivity contribution in [3.05, 3.63) is 95.6 Å². The third kappa shape index (κ3) is 5.20. The van der Waals surface area contributed by atoms with Gasteiger partial charge in [0.1, 0.15) is 5.75 Å². The predicted octanol–water partition coefficient (Wildman–Crippen LogP) is 4.22. The van der Waals surface area contributed by atoms with E-state index < -0.39 is 16.1 Å². The van der Waals surface area contributed by atoms with Crippen molar-refractivity contribution in [1.82, 2.24) is 5.32 Å². The number of benzene rings is 3. The first-order valence-corrected chi connectivity index (χ1v) is 12.7. The molecule has 0 saturated carbocycles. The Kier molecular flexibility index (Phi) is 6.70. The second-order valence-electron chi connectivity index (χ2n) is 8.17. The van der Waals surface area contributed by atoms with E-state index in [1.807, 2.05) is 49.4 Å². The molecule has 1 amide bonds. The van der Waals surface area contributed by atoms with Crippen molar-refractivity contribution in [3.8, 4) is 5.75 Å². The molecule has 2 atom stereocenters. The van der Waals surface area contributed by atoms with Crippen LogP contribution >= 0.6 is 0 Å². The van der Waals surface area contributed by atoms with Crippen molar-refractivity contribution in [3.63, 3.8) is 0 Å². The number of carbonyl (C=O) groups is 1. The van der Waals surface area contributed by atoms with E-state index in [0.29, 0.717) is 17.0 Å². The number of ether oxygens (including phenoxy) is 1. The van der Waals surface area contributed by atoms with Crippen LogP contribution in [0.4, 0.5) is 5.69 Å². The van der Waals surface area contributed by atoms with Crippen LogP contribution in [0.5, 0.6) is 5.75 Å². The summed E-state index contributed by atoms with van der Waals surface area (Å²) in [5, 5.41) is 2.97. The van der Waals surface area contributed by atoms with Crippen LogP contribution in [0, 0.1) is 0 Å². The lowest BCUT2D eigenvalue weighted by molar-refractivity contribution is -0.128. The summed E-state index contributed by atoms with van der Waals surface area (Å²) < 4.78 is 33.9. The number of hydrogen-bond donors (Lipinski definition) is 1. The van der Waals surface area contributed by atoms with E-state index in [1.165, 1.54) is 9.87 Å².